The molecule has 28 heteroatoms. The van der Waals surface area contributed by atoms with Gasteiger partial charge in [0, 0.05) is 5.41 Å². The lowest BCUT2D eigenvalue weighted by Gasteiger charge is -2.72. The molecule has 9 rings (SSSR count). The van der Waals surface area contributed by atoms with Gasteiger partial charge in [0.15, 0.2) is 31.1 Å². The van der Waals surface area contributed by atoms with E-state index in [0.717, 1.165) is 5.57 Å². The Kier molecular flexibility index (Phi) is 22.2. The van der Waals surface area contributed by atoms with Crippen LogP contribution in [-0.4, -0.2) is 257 Å². The first-order valence-corrected chi connectivity index (χ1v) is 33.1. The first kappa shape index (κ1) is 74.1. The molecule has 4 heterocycles. The van der Waals surface area contributed by atoms with Crippen molar-refractivity contribution in [3.8, 4) is 0 Å². The zero-order chi connectivity index (χ0) is 68.7. The maximum Gasteiger partial charge on any atom is 0.317 e. The van der Waals surface area contributed by atoms with Crippen LogP contribution in [0.3, 0.4) is 0 Å². The quantitative estimate of drug-likeness (QED) is 0.0358. The van der Waals surface area contributed by atoms with Gasteiger partial charge in [0.2, 0.25) is 6.29 Å². The van der Waals surface area contributed by atoms with Crippen molar-refractivity contribution in [3.05, 3.63) is 11.6 Å². The molecule has 0 amide bonds. The fourth-order valence-corrected chi connectivity index (χ4v) is 18.0. The molecule has 0 unspecified atom stereocenters. The Balaban J connectivity index is 0.975. The van der Waals surface area contributed by atoms with Crippen molar-refractivity contribution in [2.75, 3.05) is 13.2 Å². The number of aliphatic hydroxyl groups excluding tert-OH is 13. The molecule has 0 aromatic heterocycles. The van der Waals surface area contributed by atoms with Gasteiger partial charge in [0.05, 0.1) is 75.2 Å². The van der Waals surface area contributed by atoms with Crippen molar-refractivity contribution in [2.24, 2.45) is 50.2 Å². The minimum atomic E-state index is -2.03. The number of rotatable bonds is 18. The number of aliphatic hydroxyl groups is 13. The topological polar surface area (TPSA) is 433 Å². The number of allylic oxidation sites excluding steroid dienone is 2. The second-order valence-electron chi connectivity index (χ2n) is 30.4. The Labute approximate surface area is 542 Å². The summed E-state index contributed by atoms with van der Waals surface area (Å²) in [6.45, 7) is 20.3. The minimum Gasteiger partial charge on any atom is -0.462 e. The lowest BCUT2D eigenvalue weighted by molar-refractivity contribution is -0.373. The lowest BCUT2D eigenvalue weighted by Crippen LogP contribution is -2.70. The number of ether oxygens (including phenoxy) is 11. The first-order chi connectivity index (χ1) is 43.3. The molecule has 9 aliphatic rings. The highest BCUT2D eigenvalue weighted by Gasteiger charge is 2.73. The molecular weight excluding hydrogens is 1230 g/mol. The van der Waals surface area contributed by atoms with Gasteiger partial charge in [-0.05, 0) is 132 Å². The summed E-state index contributed by atoms with van der Waals surface area (Å²) >= 11 is 0. The fraction of sp³-hybridized carbons (Fsp3) is 0.908. The van der Waals surface area contributed by atoms with Crippen LogP contribution in [0.1, 0.15) is 154 Å². The van der Waals surface area contributed by atoms with Gasteiger partial charge in [-0.3, -0.25) is 19.2 Å². The minimum absolute atomic E-state index is 0.0870. The SMILES string of the molecule is C[C@H](O)CC(=O)O[C@@H](C)CC(=O)O[C@@H](C)CC(=O)O[C@@H]1[C@H](O)[C@@H](O[C@@H]2O[C@@H](C)[C@H](O[C@@H]3OC[C@@H](O)[C@H](O)[C@H]3O)[C@@H](O)[C@H]2O)[C@H](OC(=O)[C@]23CCC(C)(C)C[C@H]2C2=CC[C@@H]4[C@@]5(C)C[C@H](O)[C@H](O[C@@H]6O[C@@H](C)[C@H](O)[C@@H](O)[C@H]6O)[C@@](C)(CO)[C@@H]5CC[C@@]4(C)[C@]2(C)C[C@H]3O)O[C@@H]1C. The van der Waals surface area contributed by atoms with E-state index >= 15 is 4.79 Å². The maximum atomic E-state index is 15.9. The Bertz CT molecular complexity index is 2680. The summed E-state index contributed by atoms with van der Waals surface area (Å²) in [7, 11) is 0. The summed E-state index contributed by atoms with van der Waals surface area (Å²) in [5.74, 6) is -4.51. The third-order valence-corrected chi connectivity index (χ3v) is 23.3. The molecule has 532 valence electrons. The van der Waals surface area contributed by atoms with Gasteiger partial charge < -0.3 is 118 Å². The van der Waals surface area contributed by atoms with Gasteiger partial charge >= 0.3 is 23.9 Å². The molecule has 4 saturated heterocycles. The molecule has 8 fully saturated rings. The maximum absolute atomic E-state index is 15.9. The van der Waals surface area contributed by atoms with Crippen molar-refractivity contribution in [1.82, 2.24) is 0 Å². The van der Waals surface area contributed by atoms with Gasteiger partial charge in [0.25, 0.3) is 0 Å². The number of hydrogen-bond acceptors (Lipinski definition) is 28. The third-order valence-electron chi connectivity index (χ3n) is 23.3. The van der Waals surface area contributed by atoms with Crippen LogP contribution < -0.4 is 0 Å². The molecule has 93 heavy (non-hydrogen) atoms. The molecule has 4 aliphatic heterocycles. The highest BCUT2D eigenvalue weighted by Crippen LogP contribution is 2.76. The van der Waals surface area contributed by atoms with Crippen molar-refractivity contribution in [3.63, 3.8) is 0 Å². The monoisotopic (exact) mass is 1330 g/mol. The van der Waals surface area contributed by atoms with E-state index in [1.165, 1.54) is 41.5 Å². The van der Waals surface area contributed by atoms with E-state index in [2.05, 4.69) is 40.7 Å². The molecule has 28 nitrogen and oxygen atoms in total. The summed E-state index contributed by atoms with van der Waals surface area (Å²) in [6, 6.07) is 0. The van der Waals surface area contributed by atoms with Gasteiger partial charge in [-0.1, -0.05) is 53.2 Å². The molecule has 5 aliphatic carbocycles. The van der Waals surface area contributed by atoms with Crippen molar-refractivity contribution in [2.45, 2.75) is 307 Å². The lowest BCUT2D eigenvalue weighted by atomic mass is 9.33. The van der Waals surface area contributed by atoms with E-state index in [4.69, 9.17) is 52.1 Å². The van der Waals surface area contributed by atoms with Gasteiger partial charge in [-0.2, -0.15) is 0 Å². The van der Waals surface area contributed by atoms with Crippen LogP contribution in [0.2, 0.25) is 0 Å². The molecule has 0 radical (unpaired) electrons. The Morgan fingerprint density at radius 3 is 1.78 bits per heavy atom. The van der Waals surface area contributed by atoms with Gasteiger partial charge in [-0.25, -0.2) is 0 Å². The molecular formula is C65H104O28. The van der Waals surface area contributed by atoms with Crippen molar-refractivity contribution in [1.29, 1.82) is 0 Å². The number of carbonyl (C=O) groups excluding carboxylic acids is 4. The fourth-order valence-electron chi connectivity index (χ4n) is 18.0. The highest BCUT2D eigenvalue weighted by atomic mass is 16.8. The van der Waals surface area contributed by atoms with Crippen LogP contribution in [0.15, 0.2) is 11.6 Å². The number of esters is 4. The van der Waals surface area contributed by atoms with Crippen LogP contribution in [-0.2, 0) is 71.3 Å². The zero-order valence-electron chi connectivity index (χ0n) is 55.4. The van der Waals surface area contributed by atoms with Crippen LogP contribution in [0.5, 0.6) is 0 Å². The molecule has 0 aromatic carbocycles. The predicted octanol–water partition coefficient (Wildman–Crippen LogP) is -0.434. The van der Waals surface area contributed by atoms with E-state index < -0.39 is 230 Å². The third kappa shape index (κ3) is 13.7. The molecule has 33 atom stereocenters. The smallest absolute Gasteiger partial charge is 0.317 e. The summed E-state index contributed by atoms with van der Waals surface area (Å²) < 4.78 is 65.0. The summed E-state index contributed by atoms with van der Waals surface area (Å²) in [5.41, 5.74) is -4.17. The summed E-state index contributed by atoms with van der Waals surface area (Å²) in [6.07, 6.45) is -33.3. The van der Waals surface area contributed by atoms with Crippen LogP contribution >= 0.6 is 0 Å². The summed E-state index contributed by atoms with van der Waals surface area (Å²) in [5, 5.41) is 145. The normalized spacial score (nSPS) is 49.0. The second kappa shape index (κ2) is 27.9. The zero-order valence-corrected chi connectivity index (χ0v) is 55.4. The van der Waals surface area contributed by atoms with E-state index in [-0.39, 0.29) is 49.4 Å². The van der Waals surface area contributed by atoms with Crippen molar-refractivity contribution >= 4 is 23.9 Å². The molecule has 13 N–H and O–H groups in total. The molecule has 0 bridgehead atoms. The van der Waals surface area contributed by atoms with E-state index in [0.29, 0.717) is 32.1 Å². The van der Waals surface area contributed by atoms with E-state index in [9.17, 15) is 80.8 Å². The number of carbonyl (C=O) groups is 4. The van der Waals surface area contributed by atoms with Gasteiger partial charge in [0.1, 0.15) is 78.7 Å². The van der Waals surface area contributed by atoms with Crippen LogP contribution in [0.4, 0.5) is 0 Å². The number of hydrogen-bond donors (Lipinski definition) is 13. The molecule has 0 spiro atoms. The molecule has 0 aromatic rings. The average Bonchev–Trinajstić information content (AvgIpc) is 0.671. The van der Waals surface area contributed by atoms with Crippen LogP contribution in [0, 0.1) is 50.2 Å². The van der Waals surface area contributed by atoms with E-state index in [1.54, 1.807) is 0 Å². The largest absolute Gasteiger partial charge is 0.462 e. The second-order valence-corrected chi connectivity index (χ2v) is 30.4. The standard InChI is InChI=1S/C65H104O28/c1-27(67)19-40(71)84-28(2)20-41(72)85-29(3)21-42(73)89-52-32(6)88-58(53(50(52)81)91-56-49(80)46(77)51(31(5)87-56)90-55-47(78)44(75)36(69)25-83-55)93-59(82)65-18-17-60(7,8)22-34(65)33-13-14-38-61(9)23-35(68)54(92-57-48(79)45(76)43(74)30(4)86-57)62(10,26-66)37(61)15-16-63(38,11)64(33,12)24-39(65)70/h13,27-32,34-39,43-58,66-70,74-81H,14-26H2,1-12H3/t27-,28-,29-,30-,31-,32+,34-,35-,36+,37+,38+,39+,43-,44-,45+,46-,47+,48+,49+,50-,51-,52-,53+,54-,55-,56-,57-,58-,61-,62-,63+,64+,65+/m0/s1. The average molecular weight is 1330 g/mol. The van der Waals surface area contributed by atoms with Crippen LogP contribution in [0.25, 0.3) is 0 Å². The van der Waals surface area contributed by atoms with Gasteiger partial charge in [-0.15, -0.1) is 0 Å². The Morgan fingerprint density at radius 2 is 1.14 bits per heavy atom. The summed E-state index contributed by atoms with van der Waals surface area (Å²) in [4.78, 5) is 54.5. The Morgan fingerprint density at radius 1 is 0.570 bits per heavy atom. The predicted molar refractivity (Wildman–Crippen MR) is 317 cm³/mol. The Hall–Kier alpha value is -3.18. The first-order valence-electron chi connectivity index (χ1n) is 33.1. The van der Waals surface area contributed by atoms with Crippen molar-refractivity contribution < 1.29 is 138 Å². The molecule has 4 saturated carbocycles. The number of fused-ring (bicyclic) bond motifs is 7. The highest BCUT2D eigenvalue weighted by molar-refractivity contribution is 5.80. The van der Waals surface area contributed by atoms with E-state index in [1.807, 2.05) is 6.92 Å².